The second-order valence-corrected chi connectivity index (χ2v) is 9.01. The molecule has 0 aliphatic heterocycles. The molecule has 1 aromatic rings. The summed E-state index contributed by atoms with van der Waals surface area (Å²) < 4.78 is 49.5. The van der Waals surface area contributed by atoms with Gasteiger partial charge in [0.1, 0.15) is 15.6 Å². The molecule has 0 heterocycles. The minimum absolute atomic E-state index is 0.0484. The summed E-state index contributed by atoms with van der Waals surface area (Å²) in [5.74, 6) is -0.734. The lowest BCUT2D eigenvalue weighted by Gasteiger charge is -2.10. The maximum Gasteiger partial charge on any atom is 0.261 e. The third-order valence-corrected chi connectivity index (χ3v) is 4.75. The van der Waals surface area contributed by atoms with Gasteiger partial charge < -0.3 is 10.1 Å². The van der Waals surface area contributed by atoms with Gasteiger partial charge in [-0.2, -0.15) is 0 Å². The molecule has 0 radical (unpaired) electrons. The minimum atomic E-state index is -3.99. The van der Waals surface area contributed by atoms with Crippen LogP contribution in [0.2, 0.25) is 0 Å². The van der Waals surface area contributed by atoms with Gasteiger partial charge in [-0.1, -0.05) is 0 Å². The highest BCUT2D eigenvalue weighted by Crippen LogP contribution is 2.24. The topological polar surface area (TPSA) is 107 Å². The molecule has 0 aromatic heterocycles. The first-order valence-electron chi connectivity index (χ1n) is 5.63. The van der Waals surface area contributed by atoms with Crippen molar-refractivity contribution in [3.63, 3.8) is 0 Å². The minimum Gasteiger partial charge on any atom is -0.496 e. The third kappa shape index (κ3) is 5.52. The largest absolute Gasteiger partial charge is 0.496 e. The number of rotatable bonds is 6. The van der Waals surface area contributed by atoms with E-state index in [0.29, 0.717) is 0 Å². The van der Waals surface area contributed by atoms with E-state index in [-0.39, 0.29) is 28.5 Å². The van der Waals surface area contributed by atoms with Crippen molar-refractivity contribution in [1.82, 2.24) is 5.32 Å². The lowest BCUT2D eigenvalue weighted by atomic mass is 10.2. The number of carbonyl (C=O) groups excluding carboxylic acids is 1. The Hall–Kier alpha value is -1.32. The molecule has 0 bridgehead atoms. The van der Waals surface area contributed by atoms with Crippen LogP contribution in [0.15, 0.2) is 23.1 Å². The molecule has 1 N–H and O–H groups in total. The summed E-state index contributed by atoms with van der Waals surface area (Å²) in [5.41, 5.74) is -0.0484. The zero-order valence-corrected chi connectivity index (χ0v) is 13.7. The number of methoxy groups -OCH3 is 1. The normalized spacial score (nSPS) is 12.0. The first-order chi connectivity index (χ1) is 9.54. The SMILES string of the molecule is COc1ccc(S(=O)(=O)Cl)cc1C(=O)NCCS(C)(=O)=O. The van der Waals surface area contributed by atoms with Crippen LogP contribution in [0, 0.1) is 0 Å². The molecule has 118 valence electrons. The molecule has 21 heavy (non-hydrogen) atoms. The summed E-state index contributed by atoms with van der Waals surface area (Å²) in [4.78, 5) is 11.7. The molecule has 0 saturated carbocycles. The number of amides is 1. The van der Waals surface area contributed by atoms with Gasteiger partial charge >= 0.3 is 0 Å². The number of hydrogen-bond donors (Lipinski definition) is 1. The van der Waals surface area contributed by atoms with Crippen LogP contribution in [0.3, 0.4) is 0 Å². The fourth-order valence-corrected chi connectivity index (χ4v) is 2.71. The maximum atomic E-state index is 12.0. The molecule has 0 aliphatic rings. The average molecular weight is 356 g/mol. The second kappa shape index (κ2) is 6.63. The number of benzene rings is 1. The molecular formula is C11H14ClNO6S2. The highest BCUT2D eigenvalue weighted by Gasteiger charge is 2.18. The quantitative estimate of drug-likeness (QED) is 0.740. The predicted molar refractivity (Wildman–Crippen MR) is 78.1 cm³/mol. The van der Waals surface area contributed by atoms with Gasteiger partial charge in [0.2, 0.25) is 0 Å². The van der Waals surface area contributed by atoms with Crippen LogP contribution in [0.4, 0.5) is 0 Å². The van der Waals surface area contributed by atoms with E-state index in [4.69, 9.17) is 15.4 Å². The van der Waals surface area contributed by atoms with Crippen molar-refractivity contribution in [2.45, 2.75) is 4.90 Å². The molecule has 0 unspecified atom stereocenters. The molecule has 0 spiro atoms. The summed E-state index contributed by atoms with van der Waals surface area (Å²) in [6, 6.07) is 3.56. The fourth-order valence-electron chi connectivity index (χ4n) is 1.46. The molecule has 7 nitrogen and oxygen atoms in total. The number of nitrogens with one attached hydrogen (secondary N) is 1. The Balaban J connectivity index is 3.01. The summed E-state index contributed by atoms with van der Waals surface area (Å²) in [5, 5.41) is 2.37. The van der Waals surface area contributed by atoms with Crippen LogP contribution in [-0.4, -0.2) is 48.4 Å². The van der Waals surface area contributed by atoms with Crippen molar-refractivity contribution in [2.75, 3.05) is 25.7 Å². The van der Waals surface area contributed by atoms with Gasteiger partial charge in [0.05, 0.1) is 23.3 Å². The van der Waals surface area contributed by atoms with Crippen LogP contribution in [0.5, 0.6) is 5.75 Å². The van der Waals surface area contributed by atoms with Gasteiger partial charge in [0.15, 0.2) is 0 Å². The van der Waals surface area contributed by atoms with Gasteiger partial charge in [-0.05, 0) is 18.2 Å². The van der Waals surface area contributed by atoms with Gasteiger partial charge in [-0.3, -0.25) is 4.79 Å². The number of hydrogen-bond acceptors (Lipinski definition) is 6. The van der Waals surface area contributed by atoms with Crippen molar-refractivity contribution < 1.29 is 26.4 Å². The molecule has 1 amide bonds. The van der Waals surface area contributed by atoms with E-state index in [1.165, 1.54) is 19.2 Å². The zero-order chi connectivity index (χ0) is 16.3. The van der Waals surface area contributed by atoms with E-state index in [9.17, 15) is 21.6 Å². The smallest absolute Gasteiger partial charge is 0.261 e. The van der Waals surface area contributed by atoms with Crippen molar-refractivity contribution in [3.05, 3.63) is 23.8 Å². The molecule has 0 fully saturated rings. The van der Waals surface area contributed by atoms with Crippen molar-refractivity contribution >= 4 is 35.5 Å². The van der Waals surface area contributed by atoms with Crippen LogP contribution in [0.1, 0.15) is 10.4 Å². The van der Waals surface area contributed by atoms with Crippen molar-refractivity contribution in [2.24, 2.45) is 0 Å². The average Bonchev–Trinajstić information content (AvgIpc) is 2.35. The van der Waals surface area contributed by atoms with Gasteiger partial charge in [-0.15, -0.1) is 0 Å². The van der Waals surface area contributed by atoms with Crippen LogP contribution in [-0.2, 0) is 18.9 Å². The Morgan fingerprint density at radius 3 is 2.38 bits per heavy atom. The van der Waals surface area contributed by atoms with Crippen LogP contribution < -0.4 is 10.1 Å². The molecular weight excluding hydrogens is 342 g/mol. The third-order valence-electron chi connectivity index (χ3n) is 2.46. The first kappa shape index (κ1) is 17.7. The Bertz CT molecular complexity index is 742. The Labute approximate surface area is 127 Å². The van der Waals surface area contributed by atoms with E-state index in [1.54, 1.807) is 0 Å². The number of ether oxygens (including phenoxy) is 1. The van der Waals surface area contributed by atoms with Crippen molar-refractivity contribution in [3.8, 4) is 5.75 Å². The Morgan fingerprint density at radius 1 is 1.29 bits per heavy atom. The highest BCUT2D eigenvalue weighted by molar-refractivity contribution is 8.13. The molecule has 1 rings (SSSR count). The van der Waals surface area contributed by atoms with E-state index in [2.05, 4.69) is 5.32 Å². The highest BCUT2D eigenvalue weighted by atomic mass is 35.7. The van der Waals surface area contributed by atoms with Gasteiger partial charge in [0.25, 0.3) is 15.0 Å². The summed E-state index contributed by atoms with van der Waals surface area (Å²) in [6.07, 6.45) is 1.04. The standard InChI is InChI=1S/C11H14ClNO6S2/c1-19-10-4-3-8(21(12,17)18)7-9(10)11(14)13-5-6-20(2,15)16/h3-4,7H,5-6H2,1-2H3,(H,13,14). The van der Waals surface area contributed by atoms with E-state index in [0.717, 1.165) is 12.3 Å². The van der Waals surface area contributed by atoms with Gasteiger partial charge in [-0.25, -0.2) is 16.8 Å². The van der Waals surface area contributed by atoms with Gasteiger partial charge in [0, 0.05) is 23.5 Å². The van der Waals surface area contributed by atoms with E-state index in [1.807, 2.05) is 0 Å². The number of halogens is 1. The maximum absolute atomic E-state index is 12.0. The Kier molecular flexibility index (Phi) is 5.60. The van der Waals surface area contributed by atoms with E-state index >= 15 is 0 Å². The van der Waals surface area contributed by atoms with Crippen LogP contribution in [0.25, 0.3) is 0 Å². The first-order valence-corrected chi connectivity index (χ1v) is 10.00. The fraction of sp³-hybridized carbons (Fsp3) is 0.364. The predicted octanol–water partition coefficient (Wildman–Crippen LogP) is 0.397. The number of carbonyl (C=O) groups is 1. The summed E-state index contributed by atoms with van der Waals surface area (Å²) in [6.45, 7) is -0.0985. The van der Waals surface area contributed by atoms with Crippen molar-refractivity contribution in [1.29, 1.82) is 0 Å². The second-order valence-electron chi connectivity index (χ2n) is 4.19. The molecule has 0 atom stereocenters. The summed E-state index contributed by atoms with van der Waals surface area (Å²) in [7, 11) is -0.667. The van der Waals surface area contributed by atoms with E-state index < -0.39 is 24.8 Å². The molecule has 0 saturated heterocycles. The lowest BCUT2D eigenvalue weighted by Crippen LogP contribution is -2.29. The molecule has 10 heteroatoms. The molecule has 0 aliphatic carbocycles. The number of sulfone groups is 1. The van der Waals surface area contributed by atoms with Crippen LogP contribution >= 0.6 is 10.7 Å². The molecule has 1 aromatic carbocycles. The monoisotopic (exact) mass is 355 g/mol. The summed E-state index contributed by atoms with van der Waals surface area (Å²) >= 11 is 0. The Morgan fingerprint density at radius 2 is 1.90 bits per heavy atom. The zero-order valence-electron chi connectivity index (χ0n) is 11.3. The lowest BCUT2D eigenvalue weighted by molar-refractivity contribution is 0.0953.